The number of benzene rings is 2. The van der Waals surface area contributed by atoms with E-state index in [4.69, 9.17) is 9.47 Å². The number of halogens is 1. The zero-order valence-electron chi connectivity index (χ0n) is 18.3. The van der Waals surface area contributed by atoms with Crippen LogP contribution in [0.4, 0.5) is 4.39 Å². The standard InChI is InChI=1S/C24H32FN3O2/c1-17-7-10-19(11-8-17)23-20(6-5-13-30-23)15-27-24(26-2)28(3)16-18-9-12-22(29-4)21(25)14-18/h7-12,14,20,23H,5-6,13,15-16H2,1-4H3,(H,26,27). The second-order valence-electron chi connectivity index (χ2n) is 7.86. The maximum atomic E-state index is 14.0. The molecule has 1 saturated heterocycles. The van der Waals surface area contributed by atoms with Crippen LogP contribution in [0.25, 0.3) is 0 Å². The third-order valence-electron chi connectivity index (χ3n) is 5.58. The molecular formula is C24H32FN3O2. The van der Waals surface area contributed by atoms with Crippen LogP contribution in [0.1, 0.15) is 35.6 Å². The Morgan fingerprint density at radius 1 is 1.27 bits per heavy atom. The molecule has 1 N–H and O–H groups in total. The van der Waals surface area contributed by atoms with Crippen molar-refractivity contribution in [2.45, 2.75) is 32.4 Å². The van der Waals surface area contributed by atoms with Gasteiger partial charge in [-0.15, -0.1) is 0 Å². The molecule has 0 saturated carbocycles. The van der Waals surface area contributed by atoms with Crippen molar-refractivity contribution in [1.82, 2.24) is 10.2 Å². The van der Waals surface area contributed by atoms with E-state index in [1.54, 1.807) is 13.1 Å². The van der Waals surface area contributed by atoms with E-state index in [1.807, 2.05) is 18.0 Å². The van der Waals surface area contributed by atoms with Crippen LogP contribution in [-0.4, -0.2) is 45.2 Å². The number of hydrogen-bond acceptors (Lipinski definition) is 3. The van der Waals surface area contributed by atoms with Crippen LogP contribution in [0.3, 0.4) is 0 Å². The van der Waals surface area contributed by atoms with E-state index in [1.165, 1.54) is 24.3 Å². The number of aryl methyl sites for hydroxylation is 1. The smallest absolute Gasteiger partial charge is 0.193 e. The lowest BCUT2D eigenvalue weighted by molar-refractivity contribution is -0.0266. The molecule has 2 aromatic rings. The minimum absolute atomic E-state index is 0.0888. The van der Waals surface area contributed by atoms with Gasteiger partial charge in [-0.3, -0.25) is 4.99 Å². The molecule has 2 aromatic carbocycles. The average molecular weight is 414 g/mol. The quantitative estimate of drug-likeness (QED) is 0.566. The number of nitrogens with one attached hydrogen (secondary N) is 1. The highest BCUT2D eigenvalue weighted by Gasteiger charge is 2.27. The minimum Gasteiger partial charge on any atom is -0.494 e. The molecule has 30 heavy (non-hydrogen) atoms. The molecule has 2 unspecified atom stereocenters. The first-order chi connectivity index (χ1) is 14.5. The molecule has 0 radical (unpaired) electrons. The predicted octanol–water partition coefficient (Wildman–Crippen LogP) is 4.32. The Hall–Kier alpha value is -2.60. The Labute approximate surface area is 178 Å². The summed E-state index contributed by atoms with van der Waals surface area (Å²) in [7, 11) is 5.18. The molecule has 0 amide bonds. The lowest BCUT2D eigenvalue weighted by atomic mass is 9.89. The molecule has 1 aliphatic rings. The topological polar surface area (TPSA) is 46.1 Å². The molecule has 0 aromatic heterocycles. The molecule has 1 heterocycles. The van der Waals surface area contributed by atoms with Crippen molar-refractivity contribution in [1.29, 1.82) is 0 Å². The lowest BCUT2D eigenvalue weighted by Gasteiger charge is -2.33. The van der Waals surface area contributed by atoms with Gasteiger partial charge in [-0.2, -0.15) is 0 Å². The summed E-state index contributed by atoms with van der Waals surface area (Å²) >= 11 is 0. The summed E-state index contributed by atoms with van der Waals surface area (Å²) in [6, 6.07) is 13.6. The first-order valence-corrected chi connectivity index (χ1v) is 10.4. The minimum atomic E-state index is -0.355. The highest BCUT2D eigenvalue weighted by atomic mass is 19.1. The largest absolute Gasteiger partial charge is 0.494 e. The van der Waals surface area contributed by atoms with Crippen LogP contribution in [0.5, 0.6) is 5.75 Å². The second-order valence-corrected chi connectivity index (χ2v) is 7.86. The van der Waals surface area contributed by atoms with Gasteiger partial charge >= 0.3 is 0 Å². The number of methoxy groups -OCH3 is 1. The summed E-state index contributed by atoms with van der Waals surface area (Å²) in [4.78, 5) is 6.40. The van der Waals surface area contributed by atoms with E-state index < -0.39 is 0 Å². The fourth-order valence-electron chi connectivity index (χ4n) is 3.94. The first kappa shape index (κ1) is 22.1. The van der Waals surface area contributed by atoms with Gasteiger partial charge in [0.25, 0.3) is 0 Å². The molecule has 3 rings (SSSR count). The van der Waals surface area contributed by atoms with Crippen LogP contribution < -0.4 is 10.1 Å². The van der Waals surface area contributed by atoms with Crippen molar-refractivity contribution >= 4 is 5.96 Å². The van der Waals surface area contributed by atoms with E-state index >= 15 is 0 Å². The van der Waals surface area contributed by atoms with Crippen LogP contribution >= 0.6 is 0 Å². The highest BCUT2D eigenvalue weighted by molar-refractivity contribution is 5.79. The molecule has 1 fully saturated rings. The van der Waals surface area contributed by atoms with Crippen LogP contribution in [-0.2, 0) is 11.3 Å². The normalized spacial score (nSPS) is 19.4. The number of rotatable bonds is 6. The number of nitrogens with zero attached hydrogens (tertiary/aromatic N) is 2. The summed E-state index contributed by atoms with van der Waals surface area (Å²) < 4.78 is 25.1. The van der Waals surface area contributed by atoms with E-state index in [9.17, 15) is 4.39 Å². The van der Waals surface area contributed by atoms with Gasteiger partial charge < -0.3 is 19.7 Å². The van der Waals surface area contributed by atoms with Gasteiger partial charge in [0.05, 0.1) is 13.2 Å². The lowest BCUT2D eigenvalue weighted by Crippen LogP contribution is -2.42. The second kappa shape index (κ2) is 10.4. The van der Waals surface area contributed by atoms with Gasteiger partial charge in [-0.1, -0.05) is 35.9 Å². The highest BCUT2D eigenvalue weighted by Crippen LogP contribution is 2.33. The predicted molar refractivity (Wildman–Crippen MR) is 118 cm³/mol. The van der Waals surface area contributed by atoms with Crippen molar-refractivity contribution in [2.24, 2.45) is 10.9 Å². The number of hydrogen-bond donors (Lipinski definition) is 1. The van der Waals surface area contributed by atoms with E-state index in [0.717, 1.165) is 37.5 Å². The Kier molecular flexibility index (Phi) is 7.69. The van der Waals surface area contributed by atoms with Gasteiger partial charge in [0.1, 0.15) is 0 Å². The van der Waals surface area contributed by atoms with Crippen molar-refractivity contribution < 1.29 is 13.9 Å². The fourth-order valence-corrected chi connectivity index (χ4v) is 3.94. The Morgan fingerprint density at radius 2 is 2.03 bits per heavy atom. The third kappa shape index (κ3) is 5.51. The number of guanidine groups is 1. The third-order valence-corrected chi connectivity index (χ3v) is 5.58. The van der Waals surface area contributed by atoms with Crippen LogP contribution in [0, 0.1) is 18.7 Å². The van der Waals surface area contributed by atoms with Crippen molar-refractivity contribution in [3.63, 3.8) is 0 Å². The molecule has 162 valence electrons. The van der Waals surface area contributed by atoms with E-state index in [2.05, 4.69) is 41.5 Å². The summed E-state index contributed by atoms with van der Waals surface area (Å²) in [5, 5.41) is 3.48. The molecule has 0 spiro atoms. The Balaban J connectivity index is 1.61. The molecule has 6 heteroatoms. The fraction of sp³-hybridized carbons (Fsp3) is 0.458. The number of aliphatic imine (C=N–C) groups is 1. The molecular weight excluding hydrogens is 381 g/mol. The van der Waals surface area contributed by atoms with Gasteiger partial charge in [0.15, 0.2) is 17.5 Å². The van der Waals surface area contributed by atoms with Crippen LogP contribution in [0.2, 0.25) is 0 Å². The summed E-state index contributed by atoms with van der Waals surface area (Å²) in [6.45, 7) is 4.21. The van der Waals surface area contributed by atoms with Gasteiger partial charge in [0, 0.05) is 39.7 Å². The maximum absolute atomic E-state index is 14.0. The molecule has 2 atom stereocenters. The summed E-state index contributed by atoms with van der Waals surface area (Å²) in [5.41, 5.74) is 3.34. The van der Waals surface area contributed by atoms with Crippen molar-refractivity contribution in [2.75, 3.05) is 34.4 Å². The van der Waals surface area contributed by atoms with Gasteiger partial charge in [-0.05, 0) is 43.0 Å². The average Bonchev–Trinajstić information content (AvgIpc) is 2.75. The Morgan fingerprint density at radius 3 is 2.70 bits per heavy atom. The van der Waals surface area contributed by atoms with Crippen molar-refractivity contribution in [3.05, 3.63) is 65.0 Å². The maximum Gasteiger partial charge on any atom is 0.193 e. The molecule has 0 aliphatic carbocycles. The zero-order valence-corrected chi connectivity index (χ0v) is 18.3. The van der Waals surface area contributed by atoms with Gasteiger partial charge in [-0.25, -0.2) is 4.39 Å². The molecule has 0 bridgehead atoms. The SMILES string of the molecule is CN=C(NCC1CCCOC1c1ccc(C)cc1)N(C)Cc1ccc(OC)c(F)c1. The van der Waals surface area contributed by atoms with E-state index in [-0.39, 0.29) is 17.7 Å². The first-order valence-electron chi connectivity index (χ1n) is 10.4. The summed E-state index contributed by atoms with van der Waals surface area (Å²) in [6.07, 6.45) is 2.26. The molecule has 5 nitrogen and oxygen atoms in total. The Bertz CT molecular complexity index is 854. The zero-order chi connectivity index (χ0) is 21.5. The molecule has 1 aliphatic heterocycles. The van der Waals surface area contributed by atoms with E-state index in [0.29, 0.717) is 12.5 Å². The summed E-state index contributed by atoms with van der Waals surface area (Å²) in [5.74, 6) is 1.04. The van der Waals surface area contributed by atoms with Crippen LogP contribution in [0.15, 0.2) is 47.5 Å². The van der Waals surface area contributed by atoms with Crippen molar-refractivity contribution in [3.8, 4) is 5.75 Å². The monoisotopic (exact) mass is 413 g/mol. The number of ether oxygens (including phenoxy) is 2. The van der Waals surface area contributed by atoms with Gasteiger partial charge in [0.2, 0.25) is 0 Å².